The molecule has 0 saturated heterocycles. The summed E-state index contributed by atoms with van der Waals surface area (Å²) in [4.78, 5) is 15.3. The van der Waals surface area contributed by atoms with Crippen LogP contribution in [0.1, 0.15) is 34.3 Å². The van der Waals surface area contributed by atoms with E-state index in [1.165, 1.54) is 35.8 Å². The summed E-state index contributed by atoms with van der Waals surface area (Å²) >= 11 is 1.51. The van der Waals surface area contributed by atoms with Gasteiger partial charge in [-0.2, -0.15) is 0 Å². The molecule has 1 N–H and O–H groups in total. The van der Waals surface area contributed by atoms with Crippen LogP contribution in [0, 0.1) is 24.7 Å². The maximum atomic E-state index is 12.9. The summed E-state index contributed by atoms with van der Waals surface area (Å²) in [6.07, 6.45) is 2.88. The third-order valence-electron chi connectivity index (χ3n) is 6.25. The molecular weight excluding hydrogens is 689 g/mol. The van der Waals surface area contributed by atoms with Crippen molar-refractivity contribution in [2.24, 2.45) is 0 Å². The second-order valence-electron chi connectivity index (χ2n) is 8.87. The summed E-state index contributed by atoms with van der Waals surface area (Å²) in [5.41, 5.74) is 3.14. The summed E-state index contributed by atoms with van der Waals surface area (Å²) in [6.45, 7) is 4.46. The SMILES string of the molecule is COc1cc2c(cc1OC)CN(CCCCNC(=O)c1cc([At])ccc1OCCOCCOCCF)CC2. The van der Waals surface area contributed by atoms with Gasteiger partial charge in [-0.3, -0.25) is 0 Å². The van der Waals surface area contributed by atoms with Crippen molar-refractivity contribution in [3.05, 3.63) is 47.0 Å². The van der Waals surface area contributed by atoms with E-state index < -0.39 is 6.67 Å². The quantitative estimate of drug-likeness (QED) is 0.252. The van der Waals surface area contributed by atoms with Crippen LogP contribution in [0.15, 0.2) is 30.3 Å². The van der Waals surface area contributed by atoms with Crippen LogP contribution in [0.25, 0.3) is 0 Å². The van der Waals surface area contributed by atoms with Gasteiger partial charge in [-0.15, -0.1) is 0 Å². The van der Waals surface area contributed by atoms with Crippen molar-refractivity contribution in [2.45, 2.75) is 25.8 Å². The number of nitrogens with one attached hydrogen (secondary N) is 1. The van der Waals surface area contributed by atoms with Gasteiger partial charge in [-0.25, -0.2) is 4.39 Å². The summed E-state index contributed by atoms with van der Waals surface area (Å²) in [5, 5.41) is 3.04. The van der Waals surface area contributed by atoms with E-state index >= 15 is 0 Å². The van der Waals surface area contributed by atoms with E-state index in [1.54, 1.807) is 14.2 Å². The van der Waals surface area contributed by atoms with Crippen molar-refractivity contribution in [1.82, 2.24) is 10.2 Å². The van der Waals surface area contributed by atoms with E-state index in [2.05, 4.69) is 22.3 Å². The van der Waals surface area contributed by atoms with Crippen molar-refractivity contribution in [2.75, 3.05) is 73.6 Å². The molecule has 0 unspecified atom stereocenters. The molecule has 210 valence electrons. The number of hydrogen-bond acceptors (Lipinski definition) is 7. The fourth-order valence-corrected chi connectivity index (χ4v) is 4.95. The van der Waals surface area contributed by atoms with Crippen LogP contribution in [0.4, 0.5) is 4.39 Å². The molecule has 3 rings (SSSR count). The molecule has 0 aromatic heterocycles. The molecule has 2 aromatic rings. The molecule has 0 spiro atoms. The number of rotatable bonds is 17. The van der Waals surface area contributed by atoms with Crippen LogP contribution < -0.4 is 22.8 Å². The number of unbranched alkanes of at least 4 members (excludes halogenated alkanes) is 1. The Balaban J connectivity index is 1.38. The van der Waals surface area contributed by atoms with E-state index in [0.29, 0.717) is 44.3 Å². The summed E-state index contributed by atoms with van der Waals surface area (Å²) in [5.74, 6) is 1.96. The molecule has 0 bridgehead atoms. The van der Waals surface area contributed by atoms with Crippen LogP contribution in [-0.2, 0) is 22.4 Å². The Morgan fingerprint density at radius 2 is 1.66 bits per heavy atom. The number of ether oxygens (including phenoxy) is 5. The van der Waals surface area contributed by atoms with Gasteiger partial charge in [0, 0.05) is 0 Å². The molecule has 0 atom stereocenters. The molecule has 1 amide bonds. The second kappa shape index (κ2) is 16.9. The van der Waals surface area contributed by atoms with Gasteiger partial charge >= 0.3 is 177 Å². The zero-order valence-electron chi connectivity index (χ0n) is 22.2. The first-order valence-corrected chi connectivity index (χ1v) is 14.4. The van der Waals surface area contributed by atoms with Gasteiger partial charge in [0.25, 0.3) is 0 Å². The van der Waals surface area contributed by atoms with Gasteiger partial charge in [0.05, 0.1) is 14.2 Å². The fourth-order valence-electron chi connectivity index (χ4n) is 4.28. The minimum atomic E-state index is -0.498. The normalized spacial score (nSPS) is 13.2. The van der Waals surface area contributed by atoms with Gasteiger partial charge in [0.2, 0.25) is 0 Å². The number of halogens is 1. The van der Waals surface area contributed by atoms with Gasteiger partial charge in [-0.1, -0.05) is 0 Å². The summed E-state index contributed by atoms with van der Waals surface area (Å²) in [6, 6.07) is 9.80. The molecule has 10 heteroatoms. The van der Waals surface area contributed by atoms with Gasteiger partial charge in [-0.05, 0) is 17.7 Å². The Morgan fingerprint density at radius 1 is 0.947 bits per heavy atom. The van der Waals surface area contributed by atoms with Crippen LogP contribution in [-0.4, -0.2) is 84.4 Å². The molecule has 1 heterocycles. The topological polar surface area (TPSA) is 78.5 Å². The summed E-state index contributed by atoms with van der Waals surface area (Å²) in [7, 11) is 3.33. The standard InChI is InChI=1S/C28H38AtFN2O6/c1-34-26-17-21-7-11-32(20-22(21)18-27(26)35-2)10-4-3-9-31-28(33)24-19-23(29)5-6-25(24)38-16-15-37-14-13-36-12-8-30/h5-6,17-19H,3-4,7-16,20H2,1-2H3,(H,31,33). The van der Waals surface area contributed by atoms with Crippen molar-refractivity contribution in [1.29, 1.82) is 0 Å². The molecule has 0 saturated carbocycles. The Hall–Kier alpha value is -2.00. The average Bonchev–Trinajstić information content (AvgIpc) is 2.93. The minimum absolute atomic E-state index is 0.0848. The first-order valence-electron chi connectivity index (χ1n) is 12.9. The second-order valence-corrected chi connectivity index (χ2v) is 10.6. The van der Waals surface area contributed by atoms with Gasteiger partial charge in [0.15, 0.2) is 11.5 Å². The Labute approximate surface area is 239 Å². The Kier molecular flexibility index (Phi) is 13.5. The zero-order valence-corrected chi connectivity index (χ0v) is 25.2. The molecular formula is C28H38AtFN2O6. The number of methoxy groups -OCH3 is 2. The van der Waals surface area contributed by atoms with Crippen LogP contribution in [0.5, 0.6) is 17.2 Å². The van der Waals surface area contributed by atoms with E-state index in [4.69, 9.17) is 23.7 Å². The van der Waals surface area contributed by atoms with Crippen LogP contribution in [0.2, 0.25) is 0 Å². The number of benzene rings is 2. The molecule has 38 heavy (non-hydrogen) atoms. The molecule has 0 aliphatic carbocycles. The maximum absolute atomic E-state index is 12.9. The predicted molar refractivity (Wildman–Crippen MR) is 139 cm³/mol. The number of fused-ring (bicyclic) bond motifs is 1. The van der Waals surface area contributed by atoms with Crippen LogP contribution >= 0.6 is 0 Å². The zero-order chi connectivity index (χ0) is 27.2. The number of carbonyl (C=O) groups excluding carboxylic acids is 1. The third-order valence-corrected chi connectivity index (χ3v) is 7.16. The molecule has 0 fully saturated rings. The Morgan fingerprint density at radius 3 is 2.39 bits per heavy atom. The summed E-state index contributed by atoms with van der Waals surface area (Å²) < 4.78 is 40.2. The number of amides is 1. The molecule has 0 radical (unpaired) electrons. The number of nitrogens with zero attached hydrogens (tertiary/aromatic N) is 1. The van der Waals surface area contributed by atoms with E-state index in [-0.39, 0.29) is 12.5 Å². The third kappa shape index (κ3) is 9.63. The predicted octanol–water partition coefficient (Wildman–Crippen LogP) is 2.83. The van der Waals surface area contributed by atoms with Crippen LogP contribution in [0.3, 0.4) is 0 Å². The number of carbonyl (C=O) groups is 1. The fraction of sp³-hybridized carbons (Fsp3) is 0.536. The van der Waals surface area contributed by atoms with Crippen molar-refractivity contribution in [3.8, 4) is 17.2 Å². The average molecular weight is 728 g/mol. The number of alkyl halides is 1. The van der Waals surface area contributed by atoms with E-state index in [1.807, 2.05) is 18.2 Å². The number of hydrogen-bond donors (Lipinski definition) is 1. The van der Waals surface area contributed by atoms with Crippen molar-refractivity contribution in [3.63, 3.8) is 0 Å². The molecule has 8 nitrogen and oxygen atoms in total. The van der Waals surface area contributed by atoms with Gasteiger partial charge < -0.3 is 9.47 Å². The Bertz CT molecular complexity index is 1030. The van der Waals surface area contributed by atoms with Gasteiger partial charge in [0.1, 0.15) is 6.67 Å². The van der Waals surface area contributed by atoms with E-state index in [9.17, 15) is 9.18 Å². The molecule has 2 aromatic carbocycles. The van der Waals surface area contributed by atoms with E-state index in [0.717, 1.165) is 53.7 Å². The molecule has 1 aliphatic heterocycles. The monoisotopic (exact) mass is 727 g/mol. The molecule has 1 aliphatic rings. The first-order chi connectivity index (χ1) is 18.5. The first kappa shape index (κ1) is 30.5. The van der Waals surface area contributed by atoms with Crippen molar-refractivity contribution < 1.29 is 57.6 Å². The van der Waals surface area contributed by atoms with Crippen molar-refractivity contribution >= 4 is 9.18 Å².